The predicted octanol–water partition coefficient (Wildman–Crippen LogP) is 5.08. The number of carboxylic acid groups (broad SMARTS) is 1. The molecule has 1 saturated carbocycles. The molecule has 0 radical (unpaired) electrons. The van der Waals surface area contributed by atoms with Gasteiger partial charge in [-0.3, -0.25) is 0 Å². The Bertz CT molecular complexity index is 867. The number of aliphatic hydroxyl groups is 2. The van der Waals surface area contributed by atoms with E-state index in [4.69, 9.17) is 14.6 Å². The minimum absolute atomic E-state index is 0.119. The molecule has 0 unspecified atom stereocenters. The van der Waals surface area contributed by atoms with Gasteiger partial charge in [0.2, 0.25) is 0 Å². The lowest BCUT2D eigenvalue weighted by molar-refractivity contribution is -0.160. The summed E-state index contributed by atoms with van der Waals surface area (Å²) < 4.78 is 11.3. The number of carboxylic acids is 1. The molecular weight excluding hydrogens is 472 g/mol. The summed E-state index contributed by atoms with van der Waals surface area (Å²) in [6.45, 7) is 3.27. The summed E-state index contributed by atoms with van der Waals surface area (Å²) in [5, 5.41) is 29.5. The molecule has 0 aliphatic heterocycles. The van der Waals surface area contributed by atoms with E-state index in [0.717, 1.165) is 49.7 Å². The summed E-state index contributed by atoms with van der Waals surface area (Å²) in [5.41, 5.74) is 2.20. The fourth-order valence-electron chi connectivity index (χ4n) is 6.30. The minimum Gasteiger partial charge on any atom is -0.482 e. The van der Waals surface area contributed by atoms with Crippen molar-refractivity contribution in [1.82, 2.24) is 0 Å². The molecule has 0 saturated heterocycles. The molecule has 2 aliphatic carbocycles. The van der Waals surface area contributed by atoms with Crippen molar-refractivity contribution >= 4 is 11.9 Å². The molecular formula is C30H46O7. The zero-order valence-corrected chi connectivity index (χ0v) is 22.6. The number of carbonyl (C=O) groups excluding carboxylic acids is 1. The third kappa shape index (κ3) is 8.71. The van der Waals surface area contributed by atoms with Crippen molar-refractivity contribution in [1.29, 1.82) is 0 Å². The molecule has 1 aromatic rings. The lowest BCUT2D eigenvalue weighted by atomic mass is 9.73. The Labute approximate surface area is 221 Å². The van der Waals surface area contributed by atoms with Gasteiger partial charge in [0.25, 0.3) is 0 Å². The maximum Gasteiger partial charge on any atom is 0.341 e. The van der Waals surface area contributed by atoms with E-state index in [1.807, 2.05) is 12.1 Å². The smallest absolute Gasteiger partial charge is 0.341 e. The van der Waals surface area contributed by atoms with Crippen molar-refractivity contribution < 1.29 is 34.4 Å². The minimum atomic E-state index is -1.17. The van der Waals surface area contributed by atoms with Crippen molar-refractivity contribution in [3.05, 3.63) is 29.3 Å². The SMILES string of the molecule is CCCCCCCCC[C@H](O)CC[C@@H]1[C@H]2Cc3cccc(OCC(=O)O)c3C[C@H]2C[C@H]1OC(=O)[C@@H](C)O. The molecule has 6 atom stereocenters. The molecule has 3 rings (SSSR count). The summed E-state index contributed by atoms with van der Waals surface area (Å²) in [5.74, 6) is -0.288. The lowest BCUT2D eigenvalue weighted by Crippen LogP contribution is -2.32. The second-order valence-corrected chi connectivity index (χ2v) is 11.1. The normalized spacial score (nSPS) is 24.1. The van der Waals surface area contributed by atoms with Gasteiger partial charge in [0.15, 0.2) is 6.61 Å². The average Bonchev–Trinajstić information content (AvgIpc) is 3.19. The zero-order chi connectivity index (χ0) is 26.8. The monoisotopic (exact) mass is 518 g/mol. The van der Waals surface area contributed by atoms with Crippen LogP contribution in [0.25, 0.3) is 0 Å². The maximum atomic E-state index is 12.3. The number of fused-ring (bicyclic) bond motifs is 2. The van der Waals surface area contributed by atoms with E-state index in [9.17, 15) is 19.8 Å². The van der Waals surface area contributed by atoms with Gasteiger partial charge in [-0.25, -0.2) is 9.59 Å². The number of ether oxygens (including phenoxy) is 2. The molecule has 2 aliphatic rings. The molecule has 3 N–H and O–H groups in total. The van der Waals surface area contributed by atoms with Gasteiger partial charge in [-0.1, -0.05) is 64.0 Å². The zero-order valence-electron chi connectivity index (χ0n) is 22.6. The van der Waals surface area contributed by atoms with Gasteiger partial charge >= 0.3 is 11.9 Å². The Morgan fingerprint density at radius 2 is 1.76 bits per heavy atom. The first-order chi connectivity index (χ1) is 17.8. The molecule has 0 bridgehead atoms. The summed E-state index contributed by atoms with van der Waals surface area (Å²) >= 11 is 0. The predicted molar refractivity (Wildman–Crippen MR) is 141 cm³/mol. The number of aliphatic carboxylic acids is 1. The third-order valence-corrected chi connectivity index (χ3v) is 8.25. The molecule has 0 aromatic heterocycles. The van der Waals surface area contributed by atoms with Crippen LogP contribution in [-0.4, -0.2) is 52.2 Å². The van der Waals surface area contributed by atoms with Crippen LogP contribution in [0.3, 0.4) is 0 Å². The van der Waals surface area contributed by atoms with E-state index < -0.39 is 18.0 Å². The van der Waals surface area contributed by atoms with Crippen molar-refractivity contribution in [2.24, 2.45) is 17.8 Å². The van der Waals surface area contributed by atoms with Gasteiger partial charge < -0.3 is 24.8 Å². The number of carbonyl (C=O) groups is 2. The number of benzene rings is 1. The standard InChI is InChI=1S/C30H46O7/c1-3-4-5-6-7-8-9-12-23(32)14-15-24-25-16-21-11-10-13-27(36-19-29(33)34)26(21)17-22(25)18-28(24)37-30(35)20(2)31/h10-11,13,20,22-25,28,31-32H,3-9,12,14-19H2,1-2H3,(H,33,34)/t20-,22+,23+,24-,25+,28-/m1/s1. The van der Waals surface area contributed by atoms with Crippen LogP contribution in [0.15, 0.2) is 18.2 Å². The molecule has 37 heavy (non-hydrogen) atoms. The van der Waals surface area contributed by atoms with E-state index in [2.05, 4.69) is 13.0 Å². The van der Waals surface area contributed by atoms with Gasteiger partial charge in [-0.2, -0.15) is 0 Å². The van der Waals surface area contributed by atoms with Gasteiger partial charge in [-0.15, -0.1) is 0 Å². The van der Waals surface area contributed by atoms with Crippen LogP contribution < -0.4 is 4.74 Å². The second kappa shape index (κ2) is 14.7. The third-order valence-electron chi connectivity index (χ3n) is 8.25. The molecule has 0 spiro atoms. The van der Waals surface area contributed by atoms with E-state index in [1.165, 1.54) is 39.0 Å². The number of rotatable bonds is 16. The van der Waals surface area contributed by atoms with E-state index in [0.29, 0.717) is 24.5 Å². The number of esters is 1. The van der Waals surface area contributed by atoms with Crippen LogP contribution in [0, 0.1) is 17.8 Å². The Morgan fingerprint density at radius 1 is 1.03 bits per heavy atom. The molecule has 208 valence electrons. The molecule has 1 aromatic carbocycles. The highest BCUT2D eigenvalue weighted by Crippen LogP contribution is 2.49. The van der Waals surface area contributed by atoms with Gasteiger partial charge in [0, 0.05) is 0 Å². The van der Waals surface area contributed by atoms with Crippen LogP contribution in [-0.2, 0) is 27.2 Å². The van der Waals surface area contributed by atoms with Crippen molar-refractivity contribution in [2.75, 3.05) is 6.61 Å². The first-order valence-corrected chi connectivity index (χ1v) is 14.3. The van der Waals surface area contributed by atoms with Crippen LogP contribution in [0.5, 0.6) is 5.75 Å². The second-order valence-electron chi connectivity index (χ2n) is 11.1. The first kappa shape index (κ1) is 29.4. The van der Waals surface area contributed by atoms with Gasteiger partial charge in [-0.05, 0) is 80.4 Å². The van der Waals surface area contributed by atoms with E-state index in [1.54, 1.807) is 0 Å². The quantitative estimate of drug-likeness (QED) is 0.207. The molecule has 7 nitrogen and oxygen atoms in total. The highest BCUT2D eigenvalue weighted by atomic mass is 16.6. The van der Waals surface area contributed by atoms with Crippen molar-refractivity contribution in [3.63, 3.8) is 0 Å². The Kier molecular flexibility index (Phi) is 11.7. The summed E-state index contributed by atoms with van der Waals surface area (Å²) in [6, 6.07) is 5.79. The van der Waals surface area contributed by atoms with Gasteiger partial charge in [0.1, 0.15) is 18.0 Å². The Hall–Kier alpha value is -2.12. The van der Waals surface area contributed by atoms with Crippen LogP contribution >= 0.6 is 0 Å². The van der Waals surface area contributed by atoms with E-state index >= 15 is 0 Å². The lowest BCUT2D eigenvalue weighted by Gasteiger charge is -2.32. The highest BCUT2D eigenvalue weighted by molar-refractivity contribution is 5.74. The number of unbranched alkanes of at least 4 members (excludes halogenated alkanes) is 6. The van der Waals surface area contributed by atoms with Crippen molar-refractivity contribution in [2.45, 2.75) is 116 Å². The maximum absolute atomic E-state index is 12.3. The molecule has 0 amide bonds. The molecule has 7 heteroatoms. The number of hydrogen-bond donors (Lipinski definition) is 3. The molecule has 0 heterocycles. The molecule has 1 fully saturated rings. The van der Waals surface area contributed by atoms with Crippen molar-refractivity contribution in [3.8, 4) is 5.75 Å². The van der Waals surface area contributed by atoms with Crippen LogP contribution in [0.1, 0.15) is 95.6 Å². The van der Waals surface area contributed by atoms with Crippen LogP contribution in [0.4, 0.5) is 0 Å². The topological polar surface area (TPSA) is 113 Å². The number of hydrogen-bond acceptors (Lipinski definition) is 6. The largest absolute Gasteiger partial charge is 0.482 e. The van der Waals surface area contributed by atoms with E-state index in [-0.39, 0.29) is 30.7 Å². The summed E-state index contributed by atoms with van der Waals surface area (Å²) in [6.07, 6.45) is 11.3. The Balaban J connectivity index is 1.61. The fraction of sp³-hybridized carbons (Fsp3) is 0.733. The van der Waals surface area contributed by atoms with Gasteiger partial charge in [0.05, 0.1) is 6.10 Å². The fourth-order valence-corrected chi connectivity index (χ4v) is 6.30. The summed E-state index contributed by atoms with van der Waals surface area (Å²) in [4.78, 5) is 23.3. The average molecular weight is 519 g/mol. The first-order valence-electron chi connectivity index (χ1n) is 14.3. The Morgan fingerprint density at radius 3 is 2.46 bits per heavy atom. The summed E-state index contributed by atoms with van der Waals surface area (Å²) in [7, 11) is 0. The highest BCUT2D eigenvalue weighted by Gasteiger charge is 2.47. The number of aliphatic hydroxyl groups excluding tert-OH is 2. The van der Waals surface area contributed by atoms with Crippen LogP contribution in [0.2, 0.25) is 0 Å².